The van der Waals surface area contributed by atoms with Crippen LogP contribution in [-0.4, -0.2) is 50.3 Å². The Morgan fingerprint density at radius 2 is 0.700 bits per heavy atom. The van der Waals surface area contributed by atoms with E-state index in [4.69, 9.17) is 18.9 Å². The third-order valence-corrected chi connectivity index (χ3v) is 4.13. The SMILES string of the molecule is CC1(C)C(=O)OCCC#CCCOC(=O)C(C)(C)C(=O)OCCC#CCCOC1=O. The molecule has 0 saturated heterocycles. The first-order chi connectivity index (χ1) is 14.1. The van der Waals surface area contributed by atoms with Gasteiger partial charge in [0.1, 0.15) is 26.4 Å². The van der Waals surface area contributed by atoms with Crippen LogP contribution in [0.5, 0.6) is 0 Å². The van der Waals surface area contributed by atoms with Crippen molar-refractivity contribution >= 4 is 23.9 Å². The highest BCUT2D eigenvalue weighted by atomic mass is 16.6. The number of hydrogen-bond donors (Lipinski definition) is 0. The molecule has 1 aliphatic rings. The van der Waals surface area contributed by atoms with Gasteiger partial charge in [-0.3, -0.25) is 19.2 Å². The van der Waals surface area contributed by atoms with E-state index in [2.05, 4.69) is 23.7 Å². The Morgan fingerprint density at radius 3 is 0.900 bits per heavy atom. The predicted octanol–water partition coefficient (Wildman–Crippen LogP) is 1.79. The van der Waals surface area contributed by atoms with Crippen LogP contribution in [0.25, 0.3) is 0 Å². The van der Waals surface area contributed by atoms with Crippen LogP contribution in [-0.2, 0) is 38.1 Å². The van der Waals surface area contributed by atoms with Crippen molar-refractivity contribution in [3.63, 3.8) is 0 Å². The highest BCUT2D eigenvalue weighted by Crippen LogP contribution is 2.21. The fourth-order valence-electron chi connectivity index (χ4n) is 2.02. The molecule has 0 amide bonds. The molecule has 8 nitrogen and oxygen atoms in total. The van der Waals surface area contributed by atoms with Crippen LogP contribution in [0.4, 0.5) is 0 Å². The van der Waals surface area contributed by atoms with Gasteiger partial charge < -0.3 is 18.9 Å². The van der Waals surface area contributed by atoms with E-state index >= 15 is 0 Å². The molecule has 0 aliphatic carbocycles. The molecule has 0 aromatic rings. The van der Waals surface area contributed by atoms with Crippen LogP contribution in [0.3, 0.4) is 0 Å². The number of ether oxygens (including phenoxy) is 4. The Bertz CT molecular complexity index is 648. The van der Waals surface area contributed by atoms with E-state index in [1.807, 2.05) is 0 Å². The van der Waals surface area contributed by atoms with Gasteiger partial charge in [0, 0.05) is 25.7 Å². The lowest BCUT2D eigenvalue weighted by atomic mass is 9.94. The van der Waals surface area contributed by atoms with Gasteiger partial charge in [0.05, 0.1) is 0 Å². The number of cyclic esters (lactones) is 4. The summed E-state index contributed by atoms with van der Waals surface area (Å²) >= 11 is 0. The number of rotatable bonds is 0. The number of hydrogen-bond acceptors (Lipinski definition) is 8. The summed E-state index contributed by atoms with van der Waals surface area (Å²) in [5.41, 5.74) is -2.87. The van der Waals surface area contributed by atoms with Gasteiger partial charge in [0.2, 0.25) is 0 Å². The average Bonchev–Trinajstić information content (AvgIpc) is 2.70. The maximum atomic E-state index is 12.1. The molecule has 30 heavy (non-hydrogen) atoms. The van der Waals surface area contributed by atoms with Gasteiger partial charge >= 0.3 is 23.9 Å². The minimum atomic E-state index is -1.44. The van der Waals surface area contributed by atoms with E-state index in [1.165, 1.54) is 27.7 Å². The van der Waals surface area contributed by atoms with Crippen LogP contribution in [0.15, 0.2) is 0 Å². The second-order valence-electron chi connectivity index (χ2n) is 7.50. The van der Waals surface area contributed by atoms with Crippen LogP contribution >= 0.6 is 0 Å². The van der Waals surface area contributed by atoms with Gasteiger partial charge in [-0.25, -0.2) is 0 Å². The van der Waals surface area contributed by atoms with Gasteiger partial charge in [-0.15, -0.1) is 0 Å². The van der Waals surface area contributed by atoms with E-state index < -0.39 is 34.7 Å². The molecule has 0 unspecified atom stereocenters. The van der Waals surface area contributed by atoms with Gasteiger partial charge in [0.25, 0.3) is 0 Å². The summed E-state index contributed by atoms with van der Waals surface area (Å²) in [6, 6.07) is 0. The average molecular weight is 420 g/mol. The topological polar surface area (TPSA) is 105 Å². The third-order valence-electron chi connectivity index (χ3n) is 4.13. The van der Waals surface area contributed by atoms with Gasteiger partial charge in [-0.2, -0.15) is 0 Å². The van der Waals surface area contributed by atoms with Gasteiger partial charge in [-0.1, -0.05) is 23.7 Å². The predicted molar refractivity (Wildman–Crippen MR) is 105 cm³/mol. The largest absolute Gasteiger partial charge is 0.464 e. The summed E-state index contributed by atoms with van der Waals surface area (Å²) in [5, 5.41) is 0. The molecule has 1 heterocycles. The lowest BCUT2D eigenvalue weighted by molar-refractivity contribution is -0.171. The summed E-state index contributed by atoms with van der Waals surface area (Å²) in [4.78, 5) is 48.5. The highest BCUT2D eigenvalue weighted by molar-refractivity contribution is 5.99. The van der Waals surface area contributed by atoms with Crippen molar-refractivity contribution < 1.29 is 38.1 Å². The van der Waals surface area contributed by atoms with Crippen molar-refractivity contribution in [2.24, 2.45) is 10.8 Å². The smallest absolute Gasteiger partial charge is 0.322 e. The lowest BCUT2D eigenvalue weighted by Gasteiger charge is -2.20. The first-order valence-electron chi connectivity index (χ1n) is 9.70. The van der Waals surface area contributed by atoms with Crippen molar-refractivity contribution in [2.45, 2.75) is 53.4 Å². The summed E-state index contributed by atoms with van der Waals surface area (Å²) in [6.07, 6.45) is 1.05. The third kappa shape index (κ3) is 7.79. The molecule has 0 radical (unpaired) electrons. The molecule has 0 atom stereocenters. The van der Waals surface area contributed by atoms with Crippen molar-refractivity contribution in [1.29, 1.82) is 0 Å². The molecule has 0 aromatic heterocycles. The van der Waals surface area contributed by atoms with Crippen LogP contribution in [0.2, 0.25) is 0 Å². The normalized spacial score (nSPS) is 21.5. The summed E-state index contributed by atoms with van der Waals surface area (Å²) in [7, 11) is 0. The molecule has 8 heteroatoms. The first kappa shape index (κ1) is 25.0. The molecular formula is C22H28O8. The molecule has 1 rings (SSSR count). The minimum Gasteiger partial charge on any atom is -0.464 e. The van der Waals surface area contributed by atoms with E-state index in [0.29, 0.717) is 0 Å². The van der Waals surface area contributed by atoms with Crippen molar-refractivity contribution in [3.05, 3.63) is 0 Å². The van der Waals surface area contributed by atoms with E-state index in [1.54, 1.807) is 0 Å². The number of esters is 4. The number of carbonyl (C=O) groups excluding carboxylic acids is 4. The van der Waals surface area contributed by atoms with Crippen LogP contribution in [0, 0.1) is 34.5 Å². The zero-order valence-electron chi connectivity index (χ0n) is 17.9. The first-order valence-corrected chi connectivity index (χ1v) is 9.70. The zero-order valence-corrected chi connectivity index (χ0v) is 17.9. The molecule has 1 aliphatic heterocycles. The second-order valence-corrected chi connectivity index (χ2v) is 7.50. The lowest BCUT2D eigenvalue weighted by Crippen LogP contribution is -2.37. The molecule has 0 bridgehead atoms. The summed E-state index contributed by atoms with van der Waals surface area (Å²) < 4.78 is 20.4. The maximum absolute atomic E-state index is 12.1. The van der Waals surface area contributed by atoms with E-state index in [9.17, 15) is 19.2 Å². The van der Waals surface area contributed by atoms with E-state index in [0.717, 1.165) is 0 Å². The molecular weight excluding hydrogens is 392 g/mol. The molecule has 0 N–H and O–H groups in total. The Kier molecular flexibility index (Phi) is 9.91. The fraction of sp³-hybridized carbons (Fsp3) is 0.636. The monoisotopic (exact) mass is 420 g/mol. The Balaban J connectivity index is 2.75. The van der Waals surface area contributed by atoms with Crippen LogP contribution < -0.4 is 0 Å². The molecule has 0 spiro atoms. The van der Waals surface area contributed by atoms with Crippen molar-refractivity contribution in [2.75, 3.05) is 26.4 Å². The van der Waals surface area contributed by atoms with Crippen molar-refractivity contribution in [1.82, 2.24) is 0 Å². The fourth-order valence-corrected chi connectivity index (χ4v) is 2.02. The Hall–Kier alpha value is -3.00. The minimum absolute atomic E-state index is 0.0205. The Labute approximate surface area is 176 Å². The van der Waals surface area contributed by atoms with Gasteiger partial charge in [-0.05, 0) is 27.7 Å². The maximum Gasteiger partial charge on any atom is 0.322 e. The molecule has 0 aromatic carbocycles. The summed E-state index contributed by atoms with van der Waals surface area (Å²) in [5.74, 6) is 8.36. The molecule has 0 saturated carbocycles. The molecule has 0 fully saturated rings. The standard InChI is InChI=1S/C22H28O8/c1-21(2)17(23)27-13-9-5-7-11-15-29-19(25)22(3,4)20(26)30-16-12-8-6-10-14-28-18(21)24/h9-16H2,1-4H3. The van der Waals surface area contributed by atoms with Crippen molar-refractivity contribution in [3.8, 4) is 23.7 Å². The number of carbonyl (C=O) groups is 4. The highest BCUT2D eigenvalue weighted by Gasteiger charge is 2.40. The van der Waals surface area contributed by atoms with Gasteiger partial charge in [0.15, 0.2) is 10.8 Å². The quantitative estimate of drug-likeness (QED) is 0.253. The zero-order chi connectivity index (χ0) is 22.6. The van der Waals surface area contributed by atoms with E-state index in [-0.39, 0.29) is 52.1 Å². The Morgan fingerprint density at radius 1 is 0.500 bits per heavy atom. The molecule has 164 valence electrons. The summed E-state index contributed by atoms with van der Waals surface area (Å²) in [6.45, 7) is 5.80. The second kappa shape index (κ2) is 11.9. The van der Waals surface area contributed by atoms with Crippen LogP contribution in [0.1, 0.15) is 53.4 Å².